The molecule has 0 radical (unpaired) electrons. The Balaban J connectivity index is 2.08. The van der Waals surface area contributed by atoms with Crippen LogP contribution in [0.1, 0.15) is 15.9 Å². The number of halogens is 2. The SMILES string of the molecule is O=C(N/N=C\c1ccc([N+](=O)[O-])cc1)c1cc(Cl)cc(Cl)c1O. The topological polar surface area (TPSA) is 105 Å². The summed E-state index contributed by atoms with van der Waals surface area (Å²) in [5.41, 5.74) is 2.57. The number of rotatable bonds is 4. The third kappa shape index (κ3) is 4.18. The van der Waals surface area contributed by atoms with Crippen molar-refractivity contribution in [3.63, 3.8) is 0 Å². The minimum atomic E-state index is -0.704. The quantitative estimate of drug-likeness (QED) is 0.499. The van der Waals surface area contributed by atoms with Gasteiger partial charge >= 0.3 is 0 Å². The minimum Gasteiger partial charge on any atom is -0.506 e. The molecule has 0 atom stereocenters. The average Bonchev–Trinajstić information content (AvgIpc) is 2.51. The molecule has 1 amide bonds. The molecule has 0 aliphatic rings. The Morgan fingerprint density at radius 1 is 1.26 bits per heavy atom. The Bertz CT molecular complexity index is 791. The van der Waals surface area contributed by atoms with Crippen molar-refractivity contribution < 1.29 is 14.8 Å². The number of aromatic hydroxyl groups is 1. The zero-order valence-electron chi connectivity index (χ0n) is 11.4. The van der Waals surface area contributed by atoms with E-state index < -0.39 is 16.6 Å². The molecule has 2 rings (SSSR count). The molecular weight excluding hydrogens is 345 g/mol. The van der Waals surface area contributed by atoms with E-state index in [0.29, 0.717) is 5.56 Å². The molecule has 7 nitrogen and oxygen atoms in total. The number of nitro benzene ring substituents is 1. The molecule has 0 saturated carbocycles. The molecule has 0 heterocycles. The molecule has 0 saturated heterocycles. The van der Waals surface area contributed by atoms with Crippen molar-refractivity contribution in [1.29, 1.82) is 0 Å². The summed E-state index contributed by atoms with van der Waals surface area (Å²) in [6.45, 7) is 0. The summed E-state index contributed by atoms with van der Waals surface area (Å²) in [5, 5.41) is 24.1. The number of non-ortho nitro benzene ring substituents is 1. The number of hydrogen-bond donors (Lipinski definition) is 2. The minimum absolute atomic E-state index is 0.0512. The van der Waals surface area contributed by atoms with E-state index in [1.54, 1.807) is 0 Å². The second-order valence-electron chi connectivity index (χ2n) is 4.33. The lowest BCUT2D eigenvalue weighted by Crippen LogP contribution is -2.17. The van der Waals surface area contributed by atoms with Gasteiger partial charge in [0, 0.05) is 17.2 Å². The lowest BCUT2D eigenvalue weighted by molar-refractivity contribution is -0.384. The fraction of sp³-hybridized carbons (Fsp3) is 0. The van der Waals surface area contributed by atoms with E-state index in [4.69, 9.17) is 23.2 Å². The summed E-state index contributed by atoms with van der Waals surface area (Å²) in [6.07, 6.45) is 1.30. The number of nitro groups is 1. The smallest absolute Gasteiger partial charge is 0.275 e. The van der Waals surface area contributed by atoms with E-state index in [-0.39, 0.29) is 21.3 Å². The molecular formula is C14H9Cl2N3O4. The van der Waals surface area contributed by atoms with E-state index in [1.807, 2.05) is 0 Å². The van der Waals surface area contributed by atoms with Crippen molar-refractivity contribution in [1.82, 2.24) is 5.43 Å². The number of carbonyl (C=O) groups is 1. The molecule has 0 unspecified atom stereocenters. The van der Waals surface area contributed by atoms with Crippen LogP contribution in [0.25, 0.3) is 0 Å². The number of amides is 1. The molecule has 118 valence electrons. The maximum Gasteiger partial charge on any atom is 0.275 e. The number of hydrazone groups is 1. The molecule has 0 aliphatic carbocycles. The molecule has 0 aliphatic heterocycles. The summed E-state index contributed by atoms with van der Waals surface area (Å²) in [7, 11) is 0. The molecule has 0 spiro atoms. The summed E-state index contributed by atoms with van der Waals surface area (Å²) >= 11 is 11.5. The summed E-state index contributed by atoms with van der Waals surface area (Å²) < 4.78 is 0. The zero-order chi connectivity index (χ0) is 17.0. The Morgan fingerprint density at radius 2 is 1.91 bits per heavy atom. The van der Waals surface area contributed by atoms with Crippen molar-refractivity contribution in [2.45, 2.75) is 0 Å². The van der Waals surface area contributed by atoms with Crippen LogP contribution >= 0.6 is 23.2 Å². The number of carbonyl (C=O) groups excluding carboxylic acids is 1. The van der Waals surface area contributed by atoms with Crippen LogP contribution < -0.4 is 5.43 Å². The Morgan fingerprint density at radius 3 is 2.52 bits per heavy atom. The first-order chi connectivity index (χ1) is 10.9. The summed E-state index contributed by atoms with van der Waals surface area (Å²) in [4.78, 5) is 21.9. The van der Waals surface area contributed by atoms with Gasteiger partial charge in [-0.15, -0.1) is 0 Å². The lowest BCUT2D eigenvalue weighted by atomic mass is 10.2. The van der Waals surface area contributed by atoms with Gasteiger partial charge in [0.1, 0.15) is 5.75 Å². The van der Waals surface area contributed by atoms with Gasteiger partial charge in [-0.05, 0) is 29.8 Å². The van der Waals surface area contributed by atoms with Crippen LogP contribution in [-0.2, 0) is 0 Å². The number of phenols is 1. The molecule has 2 aromatic carbocycles. The second-order valence-corrected chi connectivity index (χ2v) is 5.18. The fourth-order valence-electron chi connectivity index (χ4n) is 1.65. The predicted octanol–water partition coefficient (Wildman–Crippen LogP) is 3.37. The molecule has 0 bridgehead atoms. The van der Waals surface area contributed by atoms with Gasteiger partial charge in [0.05, 0.1) is 21.7 Å². The second kappa shape index (κ2) is 7.08. The van der Waals surface area contributed by atoms with Crippen LogP contribution in [0, 0.1) is 10.1 Å². The molecule has 2 N–H and O–H groups in total. The van der Waals surface area contributed by atoms with Crippen LogP contribution in [0.15, 0.2) is 41.5 Å². The van der Waals surface area contributed by atoms with Gasteiger partial charge in [-0.2, -0.15) is 5.10 Å². The van der Waals surface area contributed by atoms with Crippen molar-refractivity contribution in [2.75, 3.05) is 0 Å². The third-order valence-electron chi connectivity index (χ3n) is 2.76. The summed E-state index contributed by atoms with van der Waals surface area (Å²) in [5.74, 6) is -1.11. The molecule has 9 heteroatoms. The summed E-state index contributed by atoms with van der Waals surface area (Å²) in [6, 6.07) is 8.12. The van der Waals surface area contributed by atoms with Crippen molar-refractivity contribution >= 4 is 41.0 Å². The maximum atomic E-state index is 11.9. The Labute approximate surface area is 140 Å². The number of benzene rings is 2. The normalized spacial score (nSPS) is 10.7. The third-order valence-corrected chi connectivity index (χ3v) is 3.26. The molecule has 23 heavy (non-hydrogen) atoms. The van der Waals surface area contributed by atoms with Crippen LogP contribution in [0.2, 0.25) is 10.0 Å². The van der Waals surface area contributed by atoms with Gasteiger partial charge in [0.25, 0.3) is 11.6 Å². The van der Waals surface area contributed by atoms with Gasteiger partial charge in [-0.1, -0.05) is 23.2 Å². The predicted molar refractivity (Wildman–Crippen MR) is 86.3 cm³/mol. The van der Waals surface area contributed by atoms with Gasteiger partial charge in [0.2, 0.25) is 0 Å². The van der Waals surface area contributed by atoms with Crippen LogP contribution in [0.5, 0.6) is 5.75 Å². The van der Waals surface area contributed by atoms with E-state index in [0.717, 1.165) is 0 Å². The van der Waals surface area contributed by atoms with E-state index in [9.17, 15) is 20.0 Å². The van der Waals surface area contributed by atoms with Crippen LogP contribution in [0.3, 0.4) is 0 Å². The highest BCUT2D eigenvalue weighted by molar-refractivity contribution is 6.36. The first-order valence-corrected chi connectivity index (χ1v) is 6.90. The Kier molecular flexibility index (Phi) is 5.15. The number of nitrogens with zero attached hydrogens (tertiary/aromatic N) is 2. The van der Waals surface area contributed by atoms with Crippen LogP contribution in [-0.4, -0.2) is 22.2 Å². The van der Waals surface area contributed by atoms with Crippen molar-refractivity contribution in [2.24, 2.45) is 5.10 Å². The largest absolute Gasteiger partial charge is 0.506 e. The highest BCUT2D eigenvalue weighted by Gasteiger charge is 2.14. The molecule has 2 aromatic rings. The average molecular weight is 354 g/mol. The van der Waals surface area contributed by atoms with Gasteiger partial charge in [-0.3, -0.25) is 14.9 Å². The van der Waals surface area contributed by atoms with Crippen LogP contribution in [0.4, 0.5) is 5.69 Å². The fourth-order valence-corrected chi connectivity index (χ4v) is 2.14. The highest BCUT2D eigenvalue weighted by Crippen LogP contribution is 2.30. The maximum absolute atomic E-state index is 11.9. The number of hydrogen-bond acceptors (Lipinski definition) is 5. The standard InChI is InChI=1S/C14H9Cl2N3O4/c15-9-5-11(13(20)12(16)6-9)14(21)18-17-7-8-1-3-10(4-2-8)19(22)23/h1-7,20H,(H,18,21)/b17-7-. The van der Waals surface area contributed by atoms with Gasteiger partial charge in [-0.25, -0.2) is 5.43 Å². The van der Waals surface area contributed by atoms with Gasteiger partial charge in [0.15, 0.2) is 0 Å². The first kappa shape index (κ1) is 16.7. The van der Waals surface area contributed by atoms with Gasteiger partial charge < -0.3 is 5.11 Å². The highest BCUT2D eigenvalue weighted by atomic mass is 35.5. The molecule has 0 aromatic heterocycles. The zero-order valence-corrected chi connectivity index (χ0v) is 12.9. The van der Waals surface area contributed by atoms with E-state index >= 15 is 0 Å². The van der Waals surface area contributed by atoms with E-state index in [2.05, 4.69) is 10.5 Å². The van der Waals surface area contributed by atoms with Crippen molar-refractivity contribution in [3.8, 4) is 5.75 Å². The number of phenolic OH excluding ortho intramolecular Hbond substituents is 1. The van der Waals surface area contributed by atoms with E-state index in [1.165, 1.54) is 42.6 Å². The monoisotopic (exact) mass is 353 g/mol. The van der Waals surface area contributed by atoms with Crippen molar-refractivity contribution in [3.05, 3.63) is 67.7 Å². The lowest BCUT2D eigenvalue weighted by Gasteiger charge is -2.05. The Hall–Kier alpha value is -2.64. The first-order valence-electron chi connectivity index (χ1n) is 6.14. The molecule has 0 fully saturated rings. The number of nitrogens with one attached hydrogen (secondary N) is 1.